The fraction of sp³-hybridized carbons (Fsp3) is 0.200. The number of amides is 1. The van der Waals surface area contributed by atoms with E-state index >= 15 is 0 Å². The number of hydrogen-bond acceptors (Lipinski definition) is 3. The number of nitrogens with zero attached hydrogens (tertiary/aromatic N) is 1. The van der Waals surface area contributed by atoms with Gasteiger partial charge in [0, 0.05) is 17.2 Å². The van der Waals surface area contributed by atoms with Gasteiger partial charge < -0.3 is 5.11 Å². The van der Waals surface area contributed by atoms with Crippen LogP contribution in [0.4, 0.5) is 10.1 Å². The highest BCUT2D eigenvalue weighted by molar-refractivity contribution is 6.16. The lowest BCUT2D eigenvalue weighted by molar-refractivity contribution is -0.119. The number of carbonyl (C=O) groups is 2. The summed E-state index contributed by atoms with van der Waals surface area (Å²) in [4.78, 5) is 26.6. The number of aliphatic hydroxyl groups excluding tert-OH is 1. The Morgan fingerprint density at radius 2 is 1.68 bits per heavy atom. The third-order valence-electron chi connectivity index (χ3n) is 4.23. The molecule has 1 amide bonds. The van der Waals surface area contributed by atoms with Crippen LogP contribution in [0.1, 0.15) is 25.5 Å². The van der Waals surface area contributed by atoms with Crippen molar-refractivity contribution >= 4 is 17.4 Å². The molecule has 1 unspecified atom stereocenters. The van der Waals surface area contributed by atoms with Gasteiger partial charge >= 0.3 is 0 Å². The molecule has 2 aromatic carbocycles. The third kappa shape index (κ3) is 2.82. The van der Waals surface area contributed by atoms with Crippen LogP contribution in [-0.4, -0.2) is 16.8 Å². The molecule has 128 valence electrons. The molecule has 0 saturated carbocycles. The standard InChI is InChI=1S/C20H18FNO3/c1-12(2)18(23)16-17(14-10-6-7-11-15(14)21)22(20(25)19(16)24)13-8-4-3-5-9-13/h3-12,17,24H,1-2H3. The van der Waals surface area contributed by atoms with Gasteiger partial charge in [0.15, 0.2) is 11.5 Å². The molecule has 2 aromatic rings. The van der Waals surface area contributed by atoms with Crippen LogP contribution in [0.5, 0.6) is 0 Å². The smallest absolute Gasteiger partial charge is 0.294 e. The second-order valence-electron chi connectivity index (χ2n) is 6.22. The molecule has 1 aliphatic rings. The van der Waals surface area contributed by atoms with E-state index in [9.17, 15) is 19.1 Å². The third-order valence-corrected chi connectivity index (χ3v) is 4.23. The van der Waals surface area contributed by atoms with Crippen LogP contribution in [0.3, 0.4) is 0 Å². The molecular formula is C20H18FNO3. The highest BCUT2D eigenvalue weighted by Crippen LogP contribution is 2.42. The number of Topliss-reactive ketones (excluding diaryl/α,β-unsaturated/α-hetero) is 1. The molecule has 0 spiro atoms. The van der Waals surface area contributed by atoms with Crippen molar-refractivity contribution in [2.45, 2.75) is 19.9 Å². The zero-order chi connectivity index (χ0) is 18.1. The van der Waals surface area contributed by atoms with E-state index < -0.39 is 29.4 Å². The van der Waals surface area contributed by atoms with Crippen molar-refractivity contribution in [2.75, 3.05) is 4.90 Å². The van der Waals surface area contributed by atoms with Crippen LogP contribution in [-0.2, 0) is 9.59 Å². The van der Waals surface area contributed by atoms with Gasteiger partial charge in [-0.1, -0.05) is 50.2 Å². The van der Waals surface area contributed by atoms with Crippen LogP contribution in [0, 0.1) is 11.7 Å². The van der Waals surface area contributed by atoms with Crippen molar-refractivity contribution in [1.82, 2.24) is 0 Å². The maximum atomic E-state index is 14.5. The minimum atomic E-state index is -0.994. The SMILES string of the molecule is CC(C)C(=O)C1=C(O)C(=O)N(c2ccccc2)C1c1ccccc1F. The predicted octanol–water partition coefficient (Wildman–Crippen LogP) is 3.95. The molecule has 0 fully saturated rings. The van der Waals surface area contributed by atoms with Crippen molar-refractivity contribution in [3.8, 4) is 0 Å². The zero-order valence-electron chi connectivity index (χ0n) is 13.9. The van der Waals surface area contributed by atoms with E-state index in [1.807, 2.05) is 0 Å². The fourth-order valence-corrected chi connectivity index (χ4v) is 3.01. The highest BCUT2D eigenvalue weighted by Gasteiger charge is 2.45. The molecule has 1 aliphatic heterocycles. The quantitative estimate of drug-likeness (QED) is 0.917. The van der Waals surface area contributed by atoms with Gasteiger partial charge in [0.05, 0.1) is 11.6 Å². The lowest BCUT2D eigenvalue weighted by Crippen LogP contribution is -2.32. The first-order chi connectivity index (χ1) is 11.9. The monoisotopic (exact) mass is 339 g/mol. The largest absolute Gasteiger partial charge is 0.503 e. The molecule has 0 radical (unpaired) electrons. The van der Waals surface area contributed by atoms with Crippen molar-refractivity contribution in [3.05, 3.63) is 77.3 Å². The lowest BCUT2D eigenvalue weighted by atomic mass is 9.91. The van der Waals surface area contributed by atoms with Gasteiger partial charge in [-0.2, -0.15) is 0 Å². The number of aliphatic hydroxyl groups is 1. The number of benzene rings is 2. The summed E-state index contributed by atoms with van der Waals surface area (Å²) in [5, 5.41) is 10.4. The van der Waals surface area contributed by atoms with Crippen LogP contribution in [0.2, 0.25) is 0 Å². The molecule has 1 N–H and O–H groups in total. The molecule has 5 heteroatoms. The Morgan fingerprint density at radius 3 is 2.28 bits per heavy atom. The molecule has 1 atom stereocenters. The van der Waals surface area contributed by atoms with Gasteiger partial charge in [-0.25, -0.2) is 4.39 Å². The van der Waals surface area contributed by atoms with Gasteiger partial charge in [0.25, 0.3) is 5.91 Å². The Kier molecular flexibility index (Phi) is 4.40. The topological polar surface area (TPSA) is 57.6 Å². The van der Waals surface area contributed by atoms with E-state index in [0.717, 1.165) is 0 Å². The zero-order valence-corrected chi connectivity index (χ0v) is 13.9. The summed E-state index contributed by atoms with van der Waals surface area (Å²) >= 11 is 0. The summed E-state index contributed by atoms with van der Waals surface area (Å²) in [6.07, 6.45) is 0. The van der Waals surface area contributed by atoms with Crippen molar-refractivity contribution in [1.29, 1.82) is 0 Å². The summed E-state index contributed by atoms with van der Waals surface area (Å²) < 4.78 is 14.5. The van der Waals surface area contributed by atoms with Gasteiger partial charge in [-0.15, -0.1) is 0 Å². The van der Waals surface area contributed by atoms with Crippen LogP contribution >= 0.6 is 0 Å². The summed E-state index contributed by atoms with van der Waals surface area (Å²) in [7, 11) is 0. The normalized spacial score (nSPS) is 17.5. The molecular weight excluding hydrogens is 321 g/mol. The molecule has 0 saturated heterocycles. The fourth-order valence-electron chi connectivity index (χ4n) is 3.01. The van der Waals surface area contributed by atoms with Crippen molar-refractivity contribution in [2.24, 2.45) is 5.92 Å². The van der Waals surface area contributed by atoms with E-state index in [1.54, 1.807) is 50.2 Å². The maximum absolute atomic E-state index is 14.5. The summed E-state index contributed by atoms with van der Waals surface area (Å²) in [6.45, 7) is 3.35. The van der Waals surface area contributed by atoms with E-state index in [-0.39, 0.29) is 16.9 Å². The summed E-state index contributed by atoms with van der Waals surface area (Å²) in [6, 6.07) is 13.6. The van der Waals surface area contributed by atoms with Gasteiger partial charge in [0.1, 0.15) is 5.82 Å². The second kappa shape index (κ2) is 6.51. The molecule has 0 aromatic heterocycles. The van der Waals surface area contributed by atoms with Gasteiger partial charge in [0.2, 0.25) is 0 Å². The summed E-state index contributed by atoms with van der Waals surface area (Å²) in [5.74, 6) is -2.67. The van der Waals surface area contributed by atoms with E-state index in [1.165, 1.54) is 23.1 Å². The van der Waals surface area contributed by atoms with Gasteiger partial charge in [-0.05, 0) is 18.2 Å². The Morgan fingerprint density at radius 1 is 1.08 bits per heavy atom. The number of anilines is 1. The Balaban J connectivity index is 2.22. The summed E-state index contributed by atoms with van der Waals surface area (Å²) in [5.41, 5.74) is 0.598. The Hall–Kier alpha value is -2.95. The van der Waals surface area contributed by atoms with Gasteiger partial charge in [-0.3, -0.25) is 14.5 Å². The Labute approximate surface area is 145 Å². The first-order valence-electron chi connectivity index (χ1n) is 8.04. The van der Waals surface area contributed by atoms with Crippen molar-refractivity contribution in [3.63, 3.8) is 0 Å². The first kappa shape index (κ1) is 16.9. The van der Waals surface area contributed by atoms with Crippen molar-refractivity contribution < 1.29 is 19.1 Å². The van der Waals surface area contributed by atoms with Crippen LogP contribution in [0.15, 0.2) is 65.9 Å². The predicted molar refractivity (Wildman–Crippen MR) is 92.6 cm³/mol. The number of rotatable bonds is 4. The van der Waals surface area contributed by atoms with E-state index in [2.05, 4.69) is 0 Å². The first-order valence-corrected chi connectivity index (χ1v) is 8.04. The number of ketones is 1. The molecule has 1 heterocycles. The minimum absolute atomic E-state index is 0.0612. The molecule has 3 rings (SSSR count). The molecule has 4 nitrogen and oxygen atoms in total. The van der Waals surface area contributed by atoms with E-state index in [4.69, 9.17) is 0 Å². The molecule has 25 heavy (non-hydrogen) atoms. The number of hydrogen-bond donors (Lipinski definition) is 1. The number of para-hydroxylation sites is 1. The van der Waals surface area contributed by atoms with Crippen LogP contribution in [0.25, 0.3) is 0 Å². The second-order valence-corrected chi connectivity index (χ2v) is 6.22. The number of carbonyl (C=O) groups excluding carboxylic acids is 2. The average Bonchev–Trinajstić information content (AvgIpc) is 2.86. The minimum Gasteiger partial charge on any atom is -0.503 e. The average molecular weight is 339 g/mol. The molecule has 0 aliphatic carbocycles. The molecule has 0 bridgehead atoms. The maximum Gasteiger partial charge on any atom is 0.294 e. The lowest BCUT2D eigenvalue weighted by Gasteiger charge is -2.27. The highest BCUT2D eigenvalue weighted by atomic mass is 19.1. The van der Waals surface area contributed by atoms with E-state index in [0.29, 0.717) is 5.69 Å². The van der Waals surface area contributed by atoms with Crippen LogP contribution < -0.4 is 4.90 Å². The number of halogens is 1. The Bertz CT molecular complexity index is 858.